The van der Waals surface area contributed by atoms with Crippen LogP contribution in [0.2, 0.25) is 0 Å². The monoisotopic (exact) mass is 250 g/mol. The van der Waals surface area contributed by atoms with Gasteiger partial charge in [0.25, 0.3) is 0 Å². The molecule has 0 bridgehead atoms. The van der Waals surface area contributed by atoms with Crippen LogP contribution < -0.4 is 0 Å². The van der Waals surface area contributed by atoms with Crippen molar-refractivity contribution >= 4 is 0 Å². The molecule has 0 N–H and O–H groups in total. The van der Waals surface area contributed by atoms with E-state index >= 15 is 0 Å². The van der Waals surface area contributed by atoms with E-state index < -0.39 is 0 Å². The van der Waals surface area contributed by atoms with Crippen molar-refractivity contribution in [2.24, 2.45) is 0 Å². The Morgan fingerprint density at radius 2 is 1.33 bits per heavy atom. The molecular formula is C14H18Zn. The second-order valence-electron chi connectivity index (χ2n) is 3.32. The van der Waals surface area contributed by atoms with Crippen molar-refractivity contribution in [3.05, 3.63) is 47.6 Å². The van der Waals surface area contributed by atoms with E-state index in [-0.39, 0.29) is 19.5 Å². The molecule has 0 amide bonds. The summed E-state index contributed by atoms with van der Waals surface area (Å²) in [5.41, 5.74) is 2.72. The normalized spacial score (nSPS) is 16.4. The fourth-order valence-corrected chi connectivity index (χ4v) is 1.39. The summed E-state index contributed by atoms with van der Waals surface area (Å²) >= 11 is 0. The van der Waals surface area contributed by atoms with Crippen LogP contribution in [0.4, 0.5) is 0 Å². The van der Waals surface area contributed by atoms with E-state index in [2.05, 4.69) is 50.3 Å². The molecule has 0 fully saturated rings. The van der Waals surface area contributed by atoms with Crippen LogP contribution in [-0.2, 0) is 19.5 Å². The molecule has 0 saturated carbocycles. The van der Waals surface area contributed by atoms with Gasteiger partial charge in [0, 0.05) is 0 Å². The Labute approximate surface area is 107 Å². The van der Waals surface area contributed by atoms with E-state index in [4.69, 9.17) is 0 Å². The Morgan fingerprint density at radius 3 is 1.47 bits per heavy atom. The minimum atomic E-state index is 0. The summed E-state index contributed by atoms with van der Waals surface area (Å²) in [5, 5.41) is 0. The fourth-order valence-electron chi connectivity index (χ4n) is 1.39. The molecule has 0 saturated heterocycles. The quantitative estimate of drug-likeness (QED) is 0.510. The first kappa shape index (κ1) is 14.6. The van der Waals surface area contributed by atoms with Crippen LogP contribution in [0.5, 0.6) is 0 Å². The van der Waals surface area contributed by atoms with Crippen LogP contribution >= 0.6 is 0 Å². The third kappa shape index (κ3) is 5.89. The maximum atomic E-state index is 3.21. The van der Waals surface area contributed by atoms with Crippen LogP contribution in [0.1, 0.15) is 39.5 Å². The van der Waals surface area contributed by atoms with Crippen LogP contribution in [0, 0.1) is 12.2 Å². The molecule has 0 aliphatic heterocycles. The zero-order valence-corrected chi connectivity index (χ0v) is 12.8. The van der Waals surface area contributed by atoms with Gasteiger partial charge in [0.05, 0.1) is 0 Å². The van der Waals surface area contributed by atoms with Gasteiger partial charge in [0.15, 0.2) is 0 Å². The predicted molar refractivity (Wildman–Crippen MR) is 61.6 cm³/mol. The topological polar surface area (TPSA) is 0 Å². The zero-order chi connectivity index (χ0) is 10.2. The van der Waals surface area contributed by atoms with Crippen LogP contribution in [0.3, 0.4) is 0 Å². The van der Waals surface area contributed by atoms with Crippen molar-refractivity contribution in [1.29, 1.82) is 0 Å². The van der Waals surface area contributed by atoms with Crippen molar-refractivity contribution in [3.8, 4) is 0 Å². The van der Waals surface area contributed by atoms with Gasteiger partial charge in [-0.1, -0.05) is 26.7 Å². The molecule has 0 heterocycles. The van der Waals surface area contributed by atoms with E-state index in [1.807, 2.05) is 0 Å². The number of rotatable bonds is 2. The van der Waals surface area contributed by atoms with Crippen molar-refractivity contribution in [2.45, 2.75) is 39.5 Å². The minimum absolute atomic E-state index is 0. The molecule has 0 aromatic carbocycles. The Kier molecular flexibility index (Phi) is 8.61. The predicted octanol–water partition coefficient (Wildman–Crippen LogP) is 4.17. The van der Waals surface area contributed by atoms with Gasteiger partial charge >= 0.3 is 19.5 Å². The summed E-state index contributed by atoms with van der Waals surface area (Å²) in [4.78, 5) is 0. The number of hydrogen-bond acceptors (Lipinski definition) is 0. The van der Waals surface area contributed by atoms with Crippen molar-refractivity contribution in [2.75, 3.05) is 0 Å². The van der Waals surface area contributed by atoms with Crippen LogP contribution in [0.25, 0.3) is 0 Å². The molecule has 2 rings (SSSR count). The van der Waals surface area contributed by atoms with Crippen LogP contribution in [-0.4, -0.2) is 0 Å². The molecular weight excluding hydrogens is 234 g/mol. The molecule has 0 radical (unpaired) electrons. The number of hydrogen-bond donors (Lipinski definition) is 0. The van der Waals surface area contributed by atoms with Gasteiger partial charge in [0.1, 0.15) is 0 Å². The third-order valence-electron chi connectivity index (χ3n) is 2.29. The first-order valence-corrected chi connectivity index (χ1v) is 5.39. The Balaban J connectivity index is 0.000000245. The van der Waals surface area contributed by atoms with Gasteiger partial charge in [0.2, 0.25) is 0 Å². The number of allylic oxidation sites excluding steroid dienone is 8. The maximum absolute atomic E-state index is 3.21. The average molecular weight is 252 g/mol. The van der Waals surface area contributed by atoms with Gasteiger partial charge in [-0.25, -0.2) is 23.3 Å². The SMILES string of the molecule is CCC1=[C-]CC=C1.CCC1=[C-]CC=C1.[Zn+2]. The largest absolute Gasteiger partial charge is 2.00 e. The molecule has 0 aromatic heterocycles. The summed E-state index contributed by atoms with van der Waals surface area (Å²) in [6, 6.07) is 0. The van der Waals surface area contributed by atoms with Crippen molar-refractivity contribution in [3.63, 3.8) is 0 Å². The molecule has 2 aliphatic rings. The molecule has 2 aliphatic carbocycles. The van der Waals surface area contributed by atoms with Gasteiger partial charge in [-0.3, -0.25) is 12.2 Å². The average Bonchev–Trinajstić information content (AvgIpc) is 2.92. The Hall–Kier alpha value is -0.417. The standard InChI is InChI=1S/2C7H9.Zn/c2*1-2-7-5-3-4-6-7;/h2*3,5H,2,4H2,1H3;/q2*-1;+2. The van der Waals surface area contributed by atoms with E-state index in [9.17, 15) is 0 Å². The Morgan fingerprint density at radius 1 is 0.933 bits per heavy atom. The summed E-state index contributed by atoms with van der Waals surface area (Å²) in [6.45, 7) is 4.30. The molecule has 0 nitrogen and oxygen atoms in total. The molecule has 0 spiro atoms. The molecule has 1 heteroatoms. The van der Waals surface area contributed by atoms with E-state index in [0.717, 1.165) is 25.7 Å². The van der Waals surface area contributed by atoms with E-state index in [1.54, 1.807) is 0 Å². The van der Waals surface area contributed by atoms with Crippen molar-refractivity contribution in [1.82, 2.24) is 0 Å². The molecule has 15 heavy (non-hydrogen) atoms. The van der Waals surface area contributed by atoms with Gasteiger partial charge in [-0.15, -0.1) is 12.8 Å². The van der Waals surface area contributed by atoms with Gasteiger partial charge in [-0.2, -0.15) is 12.2 Å². The van der Waals surface area contributed by atoms with Gasteiger partial charge < -0.3 is 0 Å². The summed E-state index contributed by atoms with van der Waals surface area (Å²) < 4.78 is 0. The molecule has 0 atom stereocenters. The molecule has 0 unspecified atom stereocenters. The summed E-state index contributed by atoms with van der Waals surface area (Å²) in [7, 11) is 0. The third-order valence-corrected chi connectivity index (χ3v) is 2.29. The second-order valence-corrected chi connectivity index (χ2v) is 3.32. The van der Waals surface area contributed by atoms with E-state index in [1.165, 1.54) is 11.1 Å². The van der Waals surface area contributed by atoms with E-state index in [0.29, 0.717) is 0 Å². The first-order valence-electron chi connectivity index (χ1n) is 5.39. The van der Waals surface area contributed by atoms with Crippen molar-refractivity contribution < 1.29 is 19.5 Å². The zero-order valence-electron chi connectivity index (χ0n) is 9.84. The summed E-state index contributed by atoms with van der Waals surface area (Å²) in [6.07, 6.45) is 19.3. The van der Waals surface area contributed by atoms with Crippen LogP contribution in [0.15, 0.2) is 35.5 Å². The smallest absolute Gasteiger partial charge is 0.270 e. The molecule has 0 aromatic rings. The summed E-state index contributed by atoms with van der Waals surface area (Å²) in [5.74, 6) is 0. The van der Waals surface area contributed by atoms with Gasteiger partial charge in [-0.05, 0) is 0 Å². The maximum Gasteiger partial charge on any atom is 2.00 e. The molecule has 76 valence electrons. The first-order chi connectivity index (χ1) is 6.86. The Bertz CT molecular complexity index is 250. The fraction of sp³-hybridized carbons (Fsp3) is 0.429. The second kappa shape index (κ2) is 8.86. The minimum Gasteiger partial charge on any atom is -0.270 e.